The molecular weight excluding hydrogens is 236 g/mol. The van der Waals surface area contributed by atoms with Crippen LogP contribution in [0.3, 0.4) is 0 Å². The molecule has 1 aliphatic rings. The minimum atomic E-state index is -0.380. The highest BCUT2D eigenvalue weighted by Crippen LogP contribution is 2.25. The Morgan fingerprint density at radius 3 is 2.35 bits per heavy atom. The van der Waals surface area contributed by atoms with Gasteiger partial charge >= 0.3 is 0 Å². The second-order valence-corrected chi connectivity index (χ2v) is 4.96. The molecule has 2 N–H and O–H groups in total. The topological polar surface area (TPSA) is 35.5 Å². The first-order valence-electron chi connectivity index (χ1n) is 6.07. The summed E-state index contributed by atoms with van der Waals surface area (Å²) in [5.74, 6) is 0. The normalized spacial score (nSPS) is 21.1. The van der Waals surface area contributed by atoms with Crippen LogP contribution in [0.25, 0.3) is 0 Å². The molecule has 17 heavy (non-hydrogen) atoms. The van der Waals surface area contributed by atoms with E-state index < -0.39 is 0 Å². The molecule has 0 spiro atoms. The molecule has 1 fully saturated rings. The molecular formula is C13H19ClN2O. The van der Waals surface area contributed by atoms with Crippen molar-refractivity contribution in [1.82, 2.24) is 10.2 Å². The number of piperazine rings is 1. The first kappa shape index (κ1) is 12.8. The molecule has 1 heterocycles. The SMILES string of the molecule is CC(O)C(c1ccc(Cl)cc1)N1CCNCC1. The Hall–Kier alpha value is -0.610. The van der Waals surface area contributed by atoms with Gasteiger partial charge in [0.1, 0.15) is 0 Å². The van der Waals surface area contributed by atoms with Gasteiger partial charge in [-0.2, -0.15) is 0 Å². The van der Waals surface area contributed by atoms with E-state index in [0.29, 0.717) is 0 Å². The zero-order chi connectivity index (χ0) is 12.3. The number of aliphatic hydroxyl groups excluding tert-OH is 1. The lowest BCUT2D eigenvalue weighted by Crippen LogP contribution is -2.47. The van der Waals surface area contributed by atoms with Crippen LogP contribution >= 0.6 is 11.6 Å². The maximum Gasteiger partial charge on any atom is 0.0708 e. The Bertz CT molecular complexity index is 347. The van der Waals surface area contributed by atoms with Crippen LogP contribution in [0.5, 0.6) is 0 Å². The highest BCUT2D eigenvalue weighted by Gasteiger charge is 2.25. The Kier molecular flexibility index (Phi) is 4.40. The molecule has 2 atom stereocenters. The van der Waals surface area contributed by atoms with Gasteiger partial charge in [0.2, 0.25) is 0 Å². The summed E-state index contributed by atoms with van der Waals surface area (Å²) in [6.07, 6.45) is -0.380. The lowest BCUT2D eigenvalue weighted by atomic mass is 10.00. The summed E-state index contributed by atoms with van der Waals surface area (Å²) in [7, 11) is 0. The summed E-state index contributed by atoms with van der Waals surface area (Å²) in [5, 5.41) is 14.1. The van der Waals surface area contributed by atoms with Gasteiger partial charge in [0.25, 0.3) is 0 Å². The Labute approximate surface area is 107 Å². The minimum Gasteiger partial charge on any atom is -0.391 e. The maximum atomic E-state index is 9.99. The lowest BCUT2D eigenvalue weighted by Gasteiger charge is -2.36. The van der Waals surface area contributed by atoms with Gasteiger partial charge in [-0.05, 0) is 24.6 Å². The quantitative estimate of drug-likeness (QED) is 0.861. The van der Waals surface area contributed by atoms with E-state index in [2.05, 4.69) is 10.2 Å². The number of nitrogens with one attached hydrogen (secondary N) is 1. The molecule has 2 rings (SSSR count). The number of hydrogen-bond acceptors (Lipinski definition) is 3. The molecule has 1 saturated heterocycles. The predicted octanol–water partition coefficient (Wildman–Crippen LogP) is 1.67. The summed E-state index contributed by atoms with van der Waals surface area (Å²) in [6.45, 7) is 5.76. The summed E-state index contributed by atoms with van der Waals surface area (Å²) < 4.78 is 0. The first-order chi connectivity index (χ1) is 8.18. The number of hydrogen-bond donors (Lipinski definition) is 2. The third-order valence-electron chi connectivity index (χ3n) is 3.21. The largest absolute Gasteiger partial charge is 0.391 e. The van der Waals surface area contributed by atoms with Gasteiger partial charge in [-0.15, -0.1) is 0 Å². The second kappa shape index (κ2) is 5.83. The summed E-state index contributed by atoms with van der Waals surface area (Å²) in [4.78, 5) is 2.32. The molecule has 0 bridgehead atoms. The van der Waals surface area contributed by atoms with Crippen molar-refractivity contribution in [3.05, 3.63) is 34.9 Å². The van der Waals surface area contributed by atoms with Crippen molar-refractivity contribution in [3.63, 3.8) is 0 Å². The van der Waals surface area contributed by atoms with Crippen LogP contribution in [0.1, 0.15) is 18.5 Å². The molecule has 0 amide bonds. The highest BCUT2D eigenvalue weighted by atomic mass is 35.5. The van der Waals surface area contributed by atoms with Crippen molar-refractivity contribution in [3.8, 4) is 0 Å². The molecule has 3 nitrogen and oxygen atoms in total. The Morgan fingerprint density at radius 1 is 1.24 bits per heavy atom. The van der Waals surface area contributed by atoms with E-state index >= 15 is 0 Å². The first-order valence-corrected chi connectivity index (χ1v) is 6.44. The van der Waals surface area contributed by atoms with Gasteiger partial charge in [0.05, 0.1) is 12.1 Å². The fourth-order valence-electron chi connectivity index (χ4n) is 2.41. The molecule has 1 aromatic rings. The average molecular weight is 255 g/mol. The Balaban J connectivity index is 2.18. The molecule has 2 unspecified atom stereocenters. The van der Waals surface area contributed by atoms with Gasteiger partial charge in [0, 0.05) is 31.2 Å². The van der Waals surface area contributed by atoms with Gasteiger partial charge < -0.3 is 10.4 Å². The van der Waals surface area contributed by atoms with E-state index in [4.69, 9.17) is 11.6 Å². The van der Waals surface area contributed by atoms with E-state index in [9.17, 15) is 5.11 Å². The standard InChI is InChI=1S/C13H19ClN2O/c1-10(17)13(16-8-6-15-7-9-16)11-2-4-12(14)5-3-11/h2-5,10,13,15,17H,6-9H2,1H3. The summed E-state index contributed by atoms with van der Waals surface area (Å²) in [6, 6.07) is 7.83. The van der Waals surface area contributed by atoms with Crippen molar-refractivity contribution < 1.29 is 5.11 Å². The third kappa shape index (κ3) is 3.19. The zero-order valence-electron chi connectivity index (χ0n) is 10.1. The molecule has 0 saturated carbocycles. The van der Waals surface area contributed by atoms with Crippen LogP contribution in [0, 0.1) is 0 Å². The van der Waals surface area contributed by atoms with Crippen LogP contribution in [0.4, 0.5) is 0 Å². The molecule has 4 heteroatoms. The van der Waals surface area contributed by atoms with Gasteiger partial charge in [0.15, 0.2) is 0 Å². The van der Waals surface area contributed by atoms with Crippen molar-refractivity contribution >= 4 is 11.6 Å². The number of nitrogens with zero attached hydrogens (tertiary/aromatic N) is 1. The van der Waals surface area contributed by atoms with Gasteiger partial charge in [-0.1, -0.05) is 23.7 Å². The van der Waals surface area contributed by atoms with E-state index in [0.717, 1.165) is 36.8 Å². The molecule has 0 radical (unpaired) electrons. The van der Waals surface area contributed by atoms with Gasteiger partial charge in [-0.3, -0.25) is 4.90 Å². The van der Waals surface area contributed by atoms with Crippen molar-refractivity contribution in [1.29, 1.82) is 0 Å². The maximum absolute atomic E-state index is 9.99. The lowest BCUT2D eigenvalue weighted by molar-refractivity contribution is 0.0525. The molecule has 0 aromatic heterocycles. The van der Waals surface area contributed by atoms with E-state index in [1.807, 2.05) is 31.2 Å². The van der Waals surface area contributed by atoms with Crippen LogP contribution in [0.2, 0.25) is 5.02 Å². The van der Waals surface area contributed by atoms with Crippen LogP contribution in [-0.2, 0) is 0 Å². The van der Waals surface area contributed by atoms with Crippen molar-refractivity contribution in [2.75, 3.05) is 26.2 Å². The fourth-order valence-corrected chi connectivity index (χ4v) is 2.54. The van der Waals surface area contributed by atoms with Crippen LogP contribution < -0.4 is 5.32 Å². The van der Waals surface area contributed by atoms with Crippen LogP contribution in [-0.4, -0.2) is 42.3 Å². The number of halogens is 1. The molecule has 94 valence electrons. The smallest absolute Gasteiger partial charge is 0.0708 e. The van der Waals surface area contributed by atoms with Crippen LogP contribution in [0.15, 0.2) is 24.3 Å². The van der Waals surface area contributed by atoms with E-state index in [1.165, 1.54) is 0 Å². The second-order valence-electron chi connectivity index (χ2n) is 4.52. The number of rotatable bonds is 3. The molecule has 0 aliphatic carbocycles. The third-order valence-corrected chi connectivity index (χ3v) is 3.47. The molecule has 1 aromatic carbocycles. The van der Waals surface area contributed by atoms with Crippen molar-refractivity contribution in [2.24, 2.45) is 0 Å². The predicted molar refractivity (Wildman–Crippen MR) is 70.3 cm³/mol. The minimum absolute atomic E-state index is 0.0642. The number of aliphatic hydroxyl groups is 1. The monoisotopic (exact) mass is 254 g/mol. The average Bonchev–Trinajstić information content (AvgIpc) is 2.33. The highest BCUT2D eigenvalue weighted by molar-refractivity contribution is 6.30. The van der Waals surface area contributed by atoms with E-state index in [-0.39, 0.29) is 12.1 Å². The summed E-state index contributed by atoms with van der Waals surface area (Å²) >= 11 is 5.90. The Morgan fingerprint density at radius 2 is 1.82 bits per heavy atom. The fraction of sp³-hybridized carbons (Fsp3) is 0.538. The molecule has 1 aliphatic heterocycles. The van der Waals surface area contributed by atoms with E-state index in [1.54, 1.807) is 0 Å². The van der Waals surface area contributed by atoms with Gasteiger partial charge in [-0.25, -0.2) is 0 Å². The van der Waals surface area contributed by atoms with Crippen molar-refractivity contribution in [2.45, 2.75) is 19.1 Å². The number of benzene rings is 1. The zero-order valence-corrected chi connectivity index (χ0v) is 10.8. The summed E-state index contributed by atoms with van der Waals surface area (Å²) in [5.41, 5.74) is 1.13.